The Morgan fingerprint density at radius 3 is 2.50 bits per heavy atom. The minimum Gasteiger partial charge on any atom is -0.497 e. The van der Waals surface area contributed by atoms with E-state index in [1.807, 2.05) is 37.4 Å². The highest BCUT2D eigenvalue weighted by molar-refractivity contribution is 7.14. The molecule has 3 aliphatic carbocycles. The van der Waals surface area contributed by atoms with Gasteiger partial charge in [0, 0.05) is 53.1 Å². The van der Waals surface area contributed by atoms with E-state index >= 15 is 0 Å². The Kier molecular flexibility index (Phi) is 13.0. The number of allylic oxidation sites excluding steroid dienone is 1. The molecule has 3 saturated carbocycles. The summed E-state index contributed by atoms with van der Waals surface area (Å²) in [5.41, 5.74) is 0.299. The van der Waals surface area contributed by atoms with E-state index in [1.165, 1.54) is 16.2 Å². The molecule has 3 amide bonds. The molecule has 6 atom stereocenters. The molecule has 1 unspecified atom stereocenters. The smallest absolute Gasteiger partial charge is 0.408 e. The number of carbonyl (C=O) groups excluding carboxylic acids is 4. The Labute approximate surface area is 365 Å². The predicted molar refractivity (Wildman–Crippen MR) is 233 cm³/mol. The molecule has 1 aromatic carbocycles. The molecular weight excluding hydrogens is 813 g/mol. The number of carbonyl (C=O) groups is 5. The zero-order valence-corrected chi connectivity index (χ0v) is 36.5. The number of fused-ring (bicyclic) bond motifs is 3. The number of aromatic nitrogens is 2. The number of hydrogen-bond donors (Lipinski definition) is 4. The molecule has 16 heteroatoms. The number of alkyl carbamates (subject to hydrolysis) is 1. The second kappa shape index (κ2) is 18.6. The molecule has 1 saturated heterocycles. The van der Waals surface area contributed by atoms with Crippen LogP contribution in [-0.2, 0) is 23.9 Å². The van der Waals surface area contributed by atoms with Gasteiger partial charge in [-0.25, -0.2) is 19.6 Å². The van der Waals surface area contributed by atoms with E-state index in [1.54, 1.807) is 25.3 Å². The first-order chi connectivity index (χ1) is 29.9. The average Bonchev–Trinajstić information content (AvgIpc) is 4.14. The van der Waals surface area contributed by atoms with Gasteiger partial charge in [-0.3, -0.25) is 14.4 Å². The SMILES string of the molecule is COc1ccc2c(O[C@@H]3C[C@H]4C(=O)N[C@]5(C(=O)O)CC5/C=C\CCCCC[C@H](NC(=O)O[C@H](C(=O)C5CC5)C5CCCCC5)C(=O)N4C3)cc(-c3csc(NC(C)C)n3)nc2c1. The first-order valence-electron chi connectivity index (χ1n) is 22.3. The summed E-state index contributed by atoms with van der Waals surface area (Å²) in [6, 6.07) is 5.25. The summed E-state index contributed by atoms with van der Waals surface area (Å²) in [6.07, 6.45) is 11.1. The summed E-state index contributed by atoms with van der Waals surface area (Å²) < 4.78 is 18.3. The van der Waals surface area contributed by atoms with Crippen LogP contribution in [0.5, 0.6) is 11.5 Å². The highest BCUT2D eigenvalue weighted by atomic mass is 32.1. The van der Waals surface area contributed by atoms with Crippen LogP contribution in [-0.4, -0.2) is 99.2 Å². The van der Waals surface area contributed by atoms with Crippen molar-refractivity contribution in [3.63, 3.8) is 0 Å². The van der Waals surface area contributed by atoms with Crippen molar-refractivity contribution in [2.45, 2.75) is 140 Å². The number of nitrogens with zero attached hydrogens (tertiary/aromatic N) is 3. The van der Waals surface area contributed by atoms with Crippen LogP contribution in [0.2, 0.25) is 0 Å². The van der Waals surface area contributed by atoms with Crippen LogP contribution in [0, 0.1) is 17.8 Å². The second-order valence-corrected chi connectivity index (χ2v) is 18.8. The molecule has 4 heterocycles. The van der Waals surface area contributed by atoms with Gasteiger partial charge < -0.3 is 40.2 Å². The quantitative estimate of drug-likeness (QED) is 0.136. The molecule has 5 aliphatic rings. The van der Waals surface area contributed by atoms with Crippen LogP contribution in [0.25, 0.3) is 22.3 Å². The molecule has 4 fully saturated rings. The zero-order valence-electron chi connectivity index (χ0n) is 35.7. The first-order valence-corrected chi connectivity index (χ1v) is 23.2. The van der Waals surface area contributed by atoms with E-state index in [9.17, 15) is 29.1 Å². The lowest BCUT2D eigenvalue weighted by molar-refractivity contribution is -0.145. The molecule has 62 heavy (non-hydrogen) atoms. The third kappa shape index (κ3) is 9.69. The molecule has 0 bridgehead atoms. The van der Waals surface area contributed by atoms with Gasteiger partial charge in [-0.05, 0) is 77.3 Å². The van der Waals surface area contributed by atoms with Crippen LogP contribution >= 0.6 is 11.3 Å². The number of anilines is 1. The molecule has 8 rings (SSSR count). The predicted octanol–water partition coefficient (Wildman–Crippen LogP) is 7.04. The molecule has 3 aromatic rings. The fraction of sp³-hybridized carbons (Fsp3) is 0.587. The summed E-state index contributed by atoms with van der Waals surface area (Å²) >= 11 is 1.46. The molecule has 4 N–H and O–H groups in total. The third-order valence-electron chi connectivity index (χ3n) is 12.9. The number of hydrogen-bond acceptors (Lipinski definition) is 12. The van der Waals surface area contributed by atoms with Crippen LogP contribution < -0.4 is 25.4 Å². The maximum atomic E-state index is 14.9. The van der Waals surface area contributed by atoms with E-state index in [0.717, 1.165) is 62.9 Å². The number of thiazole rings is 1. The van der Waals surface area contributed by atoms with Crippen molar-refractivity contribution in [2.75, 3.05) is 19.0 Å². The number of ether oxygens (including phenoxy) is 3. The van der Waals surface area contributed by atoms with Crippen molar-refractivity contribution in [1.82, 2.24) is 25.5 Å². The number of nitrogens with one attached hydrogen (secondary N) is 3. The number of benzene rings is 1. The number of rotatable bonds is 12. The van der Waals surface area contributed by atoms with Crippen molar-refractivity contribution in [3.8, 4) is 22.9 Å². The second-order valence-electron chi connectivity index (χ2n) is 17.9. The lowest BCUT2D eigenvalue weighted by atomic mass is 9.83. The Morgan fingerprint density at radius 1 is 0.984 bits per heavy atom. The van der Waals surface area contributed by atoms with Gasteiger partial charge in [0.05, 0.1) is 24.9 Å². The van der Waals surface area contributed by atoms with Crippen LogP contribution in [0.4, 0.5) is 9.93 Å². The van der Waals surface area contributed by atoms with E-state index in [2.05, 4.69) is 16.0 Å². The Hall–Kier alpha value is -5.25. The lowest BCUT2D eigenvalue weighted by Crippen LogP contribution is -2.56. The van der Waals surface area contributed by atoms with E-state index in [0.29, 0.717) is 46.6 Å². The molecule has 0 spiro atoms. The molecule has 332 valence electrons. The van der Waals surface area contributed by atoms with Gasteiger partial charge in [-0.2, -0.15) is 0 Å². The minimum absolute atomic E-state index is 0.0210. The molecule has 0 radical (unpaired) electrons. The van der Waals surface area contributed by atoms with Crippen molar-refractivity contribution >= 4 is 57.0 Å². The number of carboxylic acids is 1. The number of ketones is 1. The summed E-state index contributed by atoms with van der Waals surface area (Å²) in [5, 5.41) is 22.7. The number of amides is 3. The summed E-state index contributed by atoms with van der Waals surface area (Å²) in [7, 11) is 1.58. The van der Waals surface area contributed by atoms with Gasteiger partial charge in [0.1, 0.15) is 40.9 Å². The van der Waals surface area contributed by atoms with Crippen molar-refractivity contribution in [2.24, 2.45) is 17.8 Å². The van der Waals surface area contributed by atoms with Crippen molar-refractivity contribution in [1.29, 1.82) is 0 Å². The molecule has 2 aromatic heterocycles. The number of carboxylic acid groups (broad SMARTS) is 1. The van der Waals surface area contributed by atoms with E-state index in [4.69, 9.17) is 24.2 Å². The lowest BCUT2D eigenvalue weighted by Gasteiger charge is -2.31. The highest BCUT2D eigenvalue weighted by Crippen LogP contribution is 2.46. The average molecular weight is 871 g/mol. The van der Waals surface area contributed by atoms with Gasteiger partial charge in [0.25, 0.3) is 0 Å². The largest absolute Gasteiger partial charge is 0.497 e. The fourth-order valence-electron chi connectivity index (χ4n) is 9.28. The maximum absolute atomic E-state index is 14.9. The van der Waals surface area contributed by atoms with Crippen LogP contribution in [0.1, 0.15) is 104 Å². The molecule has 2 aliphatic heterocycles. The normalized spacial score (nSPS) is 26.9. The number of methoxy groups -OCH3 is 1. The first kappa shape index (κ1) is 43.4. The molecular formula is C46H58N6O9S. The van der Waals surface area contributed by atoms with Crippen molar-refractivity contribution < 1.29 is 43.3 Å². The number of aliphatic carboxylic acids is 1. The topological polar surface area (TPSA) is 198 Å². The Balaban J connectivity index is 1.09. The van der Waals surface area contributed by atoms with Gasteiger partial charge >= 0.3 is 12.1 Å². The number of Topliss-reactive ketones (excluding diaryl/α,β-unsaturated/α-hetero) is 1. The fourth-order valence-corrected chi connectivity index (χ4v) is 10.1. The van der Waals surface area contributed by atoms with Crippen molar-refractivity contribution in [3.05, 3.63) is 41.8 Å². The minimum atomic E-state index is -1.49. The third-order valence-corrected chi connectivity index (χ3v) is 13.7. The Bertz CT molecular complexity index is 2200. The van der Waals surface area contributed by atoms with Crippen LogP contribution in [0.15, 0.2) is 41.8 Å². The Morgan fingerprint density at radius 2 is 1.76 bits per heavy atom. The highest BCUT2D eigenvalue weighted by Gasteiger charge is 2.61. The number of pyridine rings is 1. The van der Waals surface area contributed by atoms with Gasteiger partial charge in [-0.1, -0.05) is 44.3 Å². The monoisotopic (exact) mass is 870 g/mol. The standard InChI is InChI=1S/C46H58N6O9S/c1-26(2)47-44-49-36(25-62-44)35-22-38(32-19-18-30(59-3)20-34(32)48-35)60-31-21-37-41(54)51-46(43(56)57)23-29(46)14-10-5-4-6-11-15-33(42(55)52(37)24-31)50-45(58)61-40(39(53)27-16-17-27)28-12-8-7-9-13-28/h10,14,18-20,22,25-29,31,33,37,40H,4-9,11-13,15-17,21,23-24H2,1-3H3,(H,47,49)(H,50,58)(H,51,54)(H,56,57)/b14-10-/t29?,31-,33+,37+,40+,46-/m1/s1. The summed E-state index contributed by atoms with van der Waals surface area (Å²) in [6.45, 7) is 4.05. The van der Waals surface area contributed by atoms with Gasteiger partial charge in [0.2, 0.25) is 11.8 Å². The van der Waals surface area contributed by atoms with Crippen LogP contribution in [0.3, 0.4) is 0 Å². The summed E-state index contributed by atoms with van der Waals surface area (Å²) in [4.78, 5) is 80.3. The van der Waals surface area contributed by atoms with Gasteiger partial charge in [0.15, 0.2) is 17.0 Å². The summed E-state index contributed by atoms with van der Waals surface area (Å²) in [5.74, 6) is -1.76. The maximum Gasteiger partial charge on any atom is 0.408 e. The molecule has 15 nitrogen and oxygen atoms in total. The zero-order chi connectivity index (χ0) is 43.5. The van der Waals surface area contributed by atoms with E-state index in [-0.39, 0.29) is 55.4 Å². The van der Waals surface area contributed by atoms with E-state index < -0.39 is 53.7 Å². The van der Waals surface area contributed by atoms with Gasteiger partial charge in [-0.15, -0.1) is 11.3 Å².